The van der Waals surface area contributed by atoms with Gasteiger partial charge in [-0.2, -0.15) is 0 Å². The van der Waals surface area contributed by atoms with Crippen molar-refractivity contribution < 1.29 is 11.0 Å². The van der Waals surface area contributed by atoms with Gasteiger partial charge in [0.05, 0.1) is 11.0 Å². The summed E-state index contributed by atoms with van der Waals surface area (Å²) in [6.45, 7) is 4.24. The normalized spacial score (nSPS) is 14.6. The smallest absolute Gasteiger partial charge is 0.0645 e. The van der Waals surface area contributed by atoms with E-state index in [1.54, 1.807) is 18.2 Å². The highest BCUT2D eigenvalue weighted by Crippen LogP contribution is 2.50. The van der Waals surface area contributed by atoms with Crippen molar-refractivity contribution in [3.63, 3.8) is 0 Å². The van der Waals surface area contributed by atoms with Crippen molar-refractivity contribution >= 4 is 27.8 Å². The molecule has 0 atom stereocenters. The third-order valence-electron chi connectivity index (χ3n) is 11.0. The standard InChI is InChI=1S/C55H41N/c1-55(2)53-24-9-8-22-51(53)52-34-33-48(37-54(52)55)56(46-29-25-39(26-30-46)43-18-10-17-42(35-43)38-13-4-3-5-14-38)47-31-27-40(28-32-47)44-19-11-20-45(36-44)50-23-12-16-41-15-6-7-21-49(41)50/h3-37H,1-2H3/i25D,26D,27D,28D,29D,30D,31D,32D. The number of nitrogens with zero attached hydrogens (tertiary/aromatic N) is 1. The van der Waals surface area contributed by atoms with Gasteiger partial charge in [-0.15, -0.1) is 0 Å². The second-order valence-electron chi connectivity index (χ2n) is 14.7. The van der Waals surface area contributed by atoms with Crippen LogP contribution in [-0.2, 0) is 5.41 Å². The van der Waals surface area contributed by atoms with Crippen LogP contribution in [-0.4, -0.2) is 0 Å². The van der Waals surface area contributed by atoms with Crippen LogP contribution in [0.1, 0.15) is 35.9 Å². The van der Waals surface area contributed by atoms with Gasteiger partial charge in [-0.3, -0.25) is 0 Å². The average molecular weight is 724 g/mol. The van der Waals surface area contributed by atoms with Gasteiger partial charge in [0.1, 0.15) is 0 Å². The SMILES string of the molecule is [2H]c1c([2H])c(N(c2ccc3c(c2)C(C)(C)c2ccccc2-3)c2c([2H])c([2H])c(-c3cccc(-c4cccc5ccccc45)c3)c([2H])c2[2H])c([2H])c([2H])c1-c1cccc(-c2ccccc2)c1. The van der Waals surface area contributed by atoms with Gasteiger partial charge < -0.3 is 4.90 Å². The largest absolute Gasteiger partial charge is 0.310 e. The van der Waals surface area contributed by atoms with E-state index < -0.39 is 5.41 Å². The molecule has 0 heterocycles. The van der Waals surface area contributed by atoms with Crippen molar-refractivity contribution in [2.24, 2.45) is 0 Å². The monoisotopic (exact) mass is 723 g/mol. The third-order valence-corrected chi connectivity index (χ3v) is 11.0. The van der Waals surface area contributed by atoms with Crippen molar-refractivity contribution in [1.82, 2.24) is 0 Å². The van der Waals surface area contributed by atoms with Gasteiger partial charge in [-0.1, -0.05) is 178 Å². The number of fused-ring (bicyclic) bond motifs is 4. The molecule has 0 aromatic heterocycles. The summed E-state index contributed by atoms with van der Waals surface area (Å²) in [5.41, 5.74) is 8.55. The lowest BCUT2D eigenvalue weighted by molar-refractivity contribution is 0.660. The first-order valence-corrected chi connectivity index (χ1v) is 18.9. The van der Waals surface area contributed by atoms with Crippen LogP contribution in [0, 0.1) is 0 Å². The Morgan fingerprint density at radius 3 is 1.57 bits per heavy atom. The summed E-state index contributed by atoms with van der Waals surface area (Å²) in [4.78, 5) is 1.40. The Morgan fingerprint density at radius 2 is 0.857 bits per heavy atom. The molecule has 0 radical (unpaired) electrons. The lowest BCUT2D eigenvalue weighted by Crippen LogP contribution is -2.16. The molecule has 0 N–H and O–H groups in total. The average Bonchev–Trinajstić information content (AvgIpc) is 3.55. The zero-order valence-corrected chi connectivity index (χ0v) is 31.0. The molecule has 9 aromatic carbocycles. The molecule has 266 valence electrons. The summed E-state index contributed by atoms with van der Waals surface area (Å²) < 4.78 is 76.7. The molecule has 0 saturated carbocycles. The van der Waals surface area contributed by atoms with Crippen LogP contribution in [0.5, 0.6) is 0 Å². The highest BCUT2D eigenvalue weighted by atomic mass is 15.1. The fraction of sp³-hybridized carbons (Fsp3) is 0.0545. The van der Waals surface area contributed by atoms with Crippen molar-refractivity contribution in [3.8, 4) is 55.6 Å². The van der Waals surface area contributed by atoms with E-state index in [9.17, 15) is 11.0 Å². The van der Waals surface area contributed by atoms with E-state index in [-0.39, 0.29) is 70.8 Å². The lowest BCUT2D eigenvalue weighted by Gasteiger charge is -2.28. The van der Waals surface area contributed by atoms with E-state index in [4.69, 9.17) is 0 Å². The first kappa shape index (κ1) is 26.0. The second-order valence-corrected chi connectivity index (χ2v) is 14.7. The maximum atomic E-state index is 9.70. The van der Waals surface area contributed by atoms with Gasteiger partial charge >= 0.3 is 0 Å². The number of anilines is 3. The maximum Gasteiger partial charge on any atom is 0.0645 e. The second kappa shape index (κ2) is 13.7. The van der Waals surface area contributed by atoms with E-state index in [0.29, 0.717) is 16.8 Å². The molecule has 0 fully saturated rings. The van der Waals surface area contributed by atoms with Gasteiger partial charge in [-0.25, -0.2) is 0 Å². The lowest BCUT2D eigenvalue weighted by atomic mass is 9.82. The minimum Gasteiger partial charge on any atom is -0.310 e. The molecule has 0 aliphatic heterocycles. The first-order valence-electron chi connectivity index (χ1n) is 22.9. The van der Waals surface area contributed by atoms with Crippen LogP contribution in [0.15, 0.2) is 212 Å². The minimum absolute atomic E-state index is 0.111. The summed E-state index contributed by atoms with van der Waals surface area (Å²) in [6.07, 6.45) is 0. The van der Waals surface area contributed by atoms with Gasteiger partial charge in [0, 0.05) is 22.5 Å². The van der Waals surface area contributed by atoms with E-state index in [1.807, 2.05) is 127 Å². The molecule has 0 saturated heterocycles. The van der Waals surface area contributed by atoms with Crippen molar-refractivity contribution in [2.75, 3.05) is 4.90 Å². The summed E-state index contributed by atoms with van der Waals surface area (Å²) in [7, 11) is 0. The molecule has 0 unspecified atom stereocenters. The topological polar surface area (TPSA) is 3.24 Å². The summed E-state index contributed by atoms with van der Waals surface area (Å²) in [6, 6.07) is 49.9. The Labute approximate surface area is 341 Å². The summed E-state index contributed by atoms with van der Waals surface area (Å²) in [5, 5.41) is 2.11. The molecule has 1 heteroatoms. The van der Waals surface area contributed by atoms with Crippen molar-refractivity contribution in [2.45, 2.75) is 19.3 Å². The minimum atomic E-state index is -0.469. The fourth-order valence-electron chi connectivity index (χ4n) is 8.13. The van der Waals surface area contributed by atoms with Crippen LogP contribution in [0.4, 0.5) is 17.1 Å². The Kier molecular flexibility index (Phi) is 6.36. The first-order chi connectivity index (χ1) is 30.9. The fourth-order valence-corrected chi connectivity index (χ4v) is 8.13. The molecule has 1 aliphatic rings. The number of rotatable bonds is 7. The van der Waals surface area contributed by atoms with Crippen molar-refractivity contribution in [1.29, 1.82) is 0 Å². The highest BCUT2D eigenvalue weighted by molar-refractivity contribution is 5.97. The Bertz CT molecular complexity index is 3300. The maximum absolute atomic E-state index is 9.70. The Morgan fingerprint density at radius 1 is 0.357 bits per heavy atom. The van der Waals surface area contributed by atoms with Crippen molar-refractivity contribution in [3.05, 3.63) is 223 Å². The highest BCUT2D eigenvalue weighted by Gasteiger charge is 2.35. The Balaban J connectivity index is 1.19. The summed E-state index contributed by atoms with van der Waals surface area (Å²) >= 11 is 0. The van der Waals surface area contributed by atoms with Crippen LogP contribution in [0.2, 0.25) is 0 Å². The molecule has 1 aliphatic carbocycles. The predicted molar refractivity (Wildman–Crippen MR) is 238 cm³/mol. The molecule has 10 rings (SSSR count). The Hall–Kier alpha value is -6.96. The van der Waals surface area contributed by atoms with Gasteiger partial charge in [-0.05, 0) is 126 Å². The predicted octanol–water partition coefficient (Wildman–Crippen LogP) is 15.3. The molecular formula is C55H41N. The zero-order chi connectivity index (χ0) is 44.6. The van der Waals surface area contributed by atoms with E-state index in [0.717, 1.165) is 55.3 Å². The van der Waals surface area contributed by atoms with Crippen LogP contribution in [0.25, 0.3) is 66.4 Å². The molecular weight excluding hydrogens is 675 g/mol. The molecule has 0 bridgehead atoms. The van der Waals surface area contributed by atoms with Gasteiger partial charge in [0.2, 0.25) is 0 Å². The molecule has 0 spiro atoms. The van der Waals surface area contributed by atoms with E-state index in [1.165, 1.54) is 4.90 Å². The number of hydrogen-bond acceptors (Lipinski definition) is 1. The quantitative estimate of drug-likeness (QED) is 0.158. The van der Waals surface area contributed by atoms with Crippen LogP contribution in [0.3, 0.4) is 0 Å². The summed E-state index contributed by atoms with van der Waals surface area (Å²) in [5.74, 6) is 0. The van der Waals surface area contributed by atoms with E-state index >= 15 is 0 Å². The zero-order valence-electron chi connectivity index (χ0n) is 39.0. The number of benzene rings is 9. The molecule has 1 nitrogen and oxygen atoms in total. The third kappa shape index (κ3) is 5.90. The number of hydrogen-bond donors (Lipinski definition) is 0. The molecule has 0 amide bonds. The van der Waals surface area contributed by atoms with Crippen LogP contribution < -0.4 is 4.90 Å². The van der Waals surface area contributed by atoms with E-state index in [2.05, 4.69) is 32.0 Å². The van der Waals surface area contributed by atoms with Gasteiger partial charge in [0.15, 0.2) is 0 Å². The molecule has 9 aromatic rings. The molecule has 56 heavy (non-hydrogen) atoms. The van der Waals surface area contributed by atoms with Crippen LogP contribution >= 0.6 is 0 Å². The van der Waals surface area contributed by atoms with Gasteiger partial charge in [0.25, 0.3) is 0 Å².